The minimum absolute atomic E-state index is 0.408. The first-order valence-corrected chi connectivity index (χ1v) is 5.48. The summed E-state index contributed by atoms with van der Waals surface area (Å²) in [5, 5.41) is 3.86. The Hall–Kier alpha value is -1.97. The predicted octanol–water partition coefficient (Wildman–Crippen LogP) is 2.34. The van der Waals surface area contributed by atoms with E-state index < -0.39 is 6.09 Å². The van der Waals surface area contributed by atoms with Crippen LogP contribution in [0, 0.1) is 6.92 Å². The lowest BCUT2D eigenvalue weighted by molar-refractivity contribution is 0.170. The van der Waals surface area contributed by atoms with Crippen molar-refractivity contribution >= 4 is 17.0 Å². The molecule has 0 bridgehead atoms. The number of carbonyl (C=O) groups excluding carboxylic acids is 1. The SMILES string of the molecule is COC(=O)NCc1ccc2c(c1)cc(C)n2C. The molecular formula is C13H16N2O2. The summed E-state index contributed by atoms with van der Waals surface area (Å²) in [4.78, 5) is 11.0. The first-order valence-electron chi connectivity index (χ1n) is 5.48. The van der Waals surface area contributed by atoms with E-state index in [9.17, 15) is 4.79 Å². The molecule has 2 rings (SSSR count). The second kappa shape index (κ2) is 4.49. The summed E-state index contributed by atoms with van der Waals surface area (Å²) in [7, 11) is 3.41. The van der Waals surface area contributed by atoms with Crippen LogP contribution in [0.5, 0.6) is 0 Å². The highest BCUT2D eigenvalue weighted by molar-refractivity contribution is 5.82. The number of fused-ring (bicyclic) bond motifs is 1. The lowest BCUT2D eigenvalue weighted by atomic mass is 10.1. The Morgan fingerprint density at radius 2 is 2.18 bits per heavy atom. The fraction of sp³-hybridized carbons (Fsp3) is 0.308. The number of aromatic nitrogens is 1. The number of hydrogen-bond acceptors (Lipinski definition) is 2. The number of methoxy groups -OCH3 is 1. The van der Waals surface area contributed by atoms with E-state index in [1.807, 2.05) is 13.1 Å². The van der Waals surface area contributed by atoms with E-state index in [2.05, 4.69) is 39.7 Å². The van der Waals surface area contributed by atoms with Crippen LogP contribution in [0.25, 0.3) is 10.9 Å². The van der Waals surface area contributed by atoms with Gasteiger partial charge in [0, 0.05) is 30.2 Å². The van der Waals surface area contributed by atoms with Gasteiger partial charge in [0.1, 0.15) is 0 Å². The van der Waals surface area contributed by atoms with Crippen molar-refractivity contribution in [3.63, 3.8) is 0 Å². The molecule has 0 aliphatic carbocycles. The number of nitrogens with one attached hydrogen (secondary N) is 1. The van der Waals surface area contributed by atoms with Crippen LogP contribution < -0.4 is 5.32 Å². The first-order chi connectivity index (χ1) is 8.11. The molecule has 0 unspecified atom stereocenters. The molecule has 0 saturated carbocycles. The number of amides is 1. The molecule has 1 N–H and O–H groups in total. The summed E-state index contributed by atoms with van der Waals surface area (Å²) in [6.07, 6.45) is -0.408. The van der Waals surface area contributed by atoms with Crippen molar-refractivity contribution < 1.29 is 9.53 Å². The van der Waals surface area contributed by atoms with Crippen molar-refractivity contribution in [2.45, 2.75) is 13.5 Å². The van der Waals surface area contributed by atoms with Crippen molar-refractivity contribution in [2.24, 2.45) is 7.05 Å². The number of carbonyl (C=O) groups is 1. The molecule has 0 atom stereocenters. The van der Waals surface area contributed by atoms with E-state index in [1.165, 1.54) is 23.7 Å². The van der Waals surface area contributed by atoms with Gasteiger partial charge in [-0.05, 0) is 30.7 Å². The smallest absolute Gasteiger partial charge is 0.407 e. The van der Waals surface area contributed by atoms with Gasteiger partial charge >= 0.3 is 6.09 Å². The maximum Gasteiger partial charge on any atom is 0.407 e. The van der Waals surface area contributed by atoms with Crippen molar-refractivity contribution in [1.29, 1.82) is 0 Å². The van der Waals surface area contributed by atoms with Gasteiger partial charge in [-0.15, -0.1) is 0 Å². The normalized spacial score (nSPS) is 10.5. The number of rotatable bonds is 2. The van der Waals surface area contributed by atoms with Crippen LogP contribution in [0.3, 0.4) is 0 Å². The summed E-state index contributed by atoms with van der Waals surface area (Å²) in [5.74, 6) is 0. The van der Waals surface area contributed by atoms with Crippen LogP contribution >= 0.6 is 0 Å². The van der Waals surface area contributed by atoms with Crippen molar-refractivity contribution in [2.75, 3.05) is 7.11 Å². The maximum absolute atomic E-state index is 11.0. The van der Waals surface area contributed by atoms with Crippen molar-refractivity contribution in [1.82, 2.24) is 9.88 Å². The van der Waals surface area contributed by atoms with Gasteiger partial charge in [-0.2, -0.15) is 0 Å². The third kappa shape index (κ3) is 2.25. The molecule has 90 valence electrons. The molecule has 1 aromatic carbocycles. The number of alkyl carbamates (subject to hydrolysis) is 1. The van der Waals surface area contributed by atoms with Crippen molar-refractivity contribution in [3.05, 3.63) is 35.5 Å². The van der Waals surface area contributed by atoms with Crippen molar-refractivity contribution in [3.8, 4) is 0 Å². The van der Waals surface area contributed by atoms with Gasteiger partial charge in [0.2, 0.25) is 0 Å². The molecule has 0 fully saturated rings. The summed E-state index contributed by atoms with van der Waals surface area (Å²) in [6, 6.07) is 8.30. The average molecular weight is 232 g/mol. The minimum Gasteiger partial charge on any atom is -0.453 e. The molecule has 17 heavy (non-hydrogen) atoms. The van der Waals surface area contributed by atoms with Gasteiger partial charge in [0.15, 0.2) is 0 Å². The lowest BCUT2D eigenvalue weighted by Crippen LogP contribution is -2.22. The number of nitrogens with zero attached hydrogens (tertiary/aromatic N) is 1. The highest BCUT2D eigenvalue weighted by Crippen LogP contribution is 2.19. The number of benzene rings is 1. The van der Waals surface area contributed by atoms with E-state index in [1.54, 1.807) is 0 Å². The molecule has 4 nitrogen and oxygen atoms in total. The molecule has 0 saturated heterocycles. The van der Waals surface area contributed by atoms with Gasteiger partial charge in [0.05, 0.1) is 7.11 Å². The maximum atomic E-state index is 11.0. The first kappa shape index (κ1) is 11.5. The molecular weight excluding hydrogens is 216 g/mol. The van der Waals surface area contributed by atoms with Crippen LogP contribution in [-0.4, -0.2) is 17.8 Å². The van der Waals surface area contributed by atoms with Crippen LogP contribution in [0.4, 0.5) is 4.79 Å². The molecule has 2 aromatic rings. The zero-order valence-corrected chi connectivity index (χ0v) is 10.3. The summed E-state index contributed by atoms with van der Waals surface area (Å²) in [6.45, 7) is 2.56. The van der Waals surface area contributed by atoms with E-state index in [4.69, 9.17) is 0 Å². The van der Waals surface area contributed by atoms with Gasteiger partial charge in [-0.25, -0.2) is 4.79 Å². The van der Waals surface area contributed by atoms with Crippen LogP contribution in [0.15, 0.2) is 24.3 Å². The fourth-order valence-corrected chi connectivity index (χ4v) is 1.89. The Bertz CT molecular complexity index is 558. The molecule has 0 radical (unpaired) electrons. The largest absolute Gasteiger partial charge is 0.453 e. The quantitative estimate of drug-likeness (QED) is 0.863. The fourth-order valence-electron chi connectivity index (χ4n) is 1.89. The Kier molecular flexibility index (Phi) is 3.04. The van der Waals surface area contributed by atoms with Gasteiger partial charge < -0.3 is 14.6 Å². The zero-order valence-electron chi connectivity index (χ0n) is 10.3. The molecule has 4 heteroatoms. The summed E-state index contributed by atoms with van der Waals surface area (Å²) < 4.78 is 6.67. The van der Waals surface area contributed by atoms with Gasteiger partial charge in [-0.3, -0.25) is 0 Å². The Balaban J connectivity index is 2.23. The summed E-state index contributed by atoms with van der Waals surface area (Å²) >= 11 is 0. The molecule has 1 amide bonds. The molecule has 1 heterocycles. The van der Waals surface area contributed by atoms with E-state index in [-0.39, 0.29) is 0 Å². The molecule has 0 spiro atoms. The Morgan fingerprint density at radius 1 is 1.41 bits per heavy atom. The lowest BCUT2D eigenvalue weighted by Gasteiger charge is -2.04. The number of hydrogen-bond donors (Lipinski definition) is 1. The topological polar surface area (TPSA) is 43.3 Å². The zero-order chi connectivity index (χ0) is 12.4. The van der Waals surface area contributed by atoms with Crippen LogP contribution in [0.2, 0.25) is 0 Å². The van der Waals surface area contributed by atoms with E-state index in [0.717, 1.165) is 5.56 Å². The van der Waals surface area contributed by atoms with E-state index in [0.29, 0.717) is 6.54 Å². The number of aryl methyl sites for hydroxylation is 2. The monoisotopic (exact) mass is 232 g/mol. The standard InChI is InChI=1S/C13H16N2O2/c1-9-6-11-7-10(8-14-13(16)17-3)4-5-12(11)15(9)2/h4-7H,8H2,1-3H3,(H,14,16). The molecule has 0 aliphatic heterocycles. The van der Waals surface area contributed by atoms with E-state index >= 15 is 0 Å². The van der Waals surface area contributed by atoms with Crippen LogP contribution in [-0.2, 0) is 18.3 Å². The molecule has 1 aromatic heterocycles. The summed E-state index contributed by atoms with van der Waals surface area (Å²) in [5.41, 5.74) is 3.48. The third-order valence-electron chi connectivity index (χ3n) is 2.97. The average Bonchev–Trinajstić information content (AvgIpc) is 2.62. The Morgan fingerprint density at radius 3 is 2.88 bits per heavy atom. The highest BCUT2D eigenvalue weighted by Gasteiger charge is 2.04. The Labute approximate surface area is 100 Å². The number of ether oxygens (including phenoxy) is 1. The third-order valence-corrected chi connectivity index (χ3v) is 2.97. The second-order valence-corrected chi connectivity index (χ2v) is 4.08. The highest BCUT2D eigenvalue weighted by atomic mass is 16.5. The van der Waals surface area contributed by atoms with Gasteiger partial charge in [-0.1, -0.05) is 6.07 Å². The van der Waals surface area contributed by atoms with Gasteiger partial charge in [0.25, 0.3) is 0 Å². The second-order valence-electron chi connectivity index (χ2n) is 4.08. The van der Waals surface area contributed by atoms with Crippen LogP contribution in [0.1, 0.15) is 11.3 Å². The minimum atomic E-state index is -0.408. The molecule has 0 aliphatic rings. The predicted molar refractivity (Wildman–Crippen MR) is 66.9 cm³/mol.